The molecule has 2 aromatic heterocycles. The van der Waals surface area contributed by atoms with Crippen LogP contribution in [0.1, 0.15) is 15.5 Å². The zero-order valence-corrected chi connectivity index (χ0v) is 12.1. The topological polar surface area (TPSA) is 67.8 Å². The fourth-order valence-electron chi connectivity index (χ4n) is 1.91. The van der Waals surface area contributed by atoms with Gasteiger partial charge in [0.05, 0.1) is 22.6 Å². The number of amides is 1. The summed E-state index contributed by atoms with van der Waals surface area (Å²) in [4.78, 5) is 24.5. The number of aromatic nitrogens is 3. The van der Waals surface area contributed by atoms with E-state index in [4.69, 9.17) is 0 Å². The number of para-hydroxylation sites is 1. The van der Waals surface area contributed by atoms with Crippen molar-refractivity contribution in [1.82, 2.24) is 15.0 Å². The van der Waals surface area contributed by atoms with Crippen molar-refractivity contribution >= 4 is 22.9 Å². The van der Waals surface area contributed by atoms with Crippen LogP contribution in [0.25, 0.3) is 11.3 Å². The highest BCUT2D eigenvalue weighted by Crippen LogP contribution is 2.28. The quantitative estimate of drug-likeness (QED) is 0.806. The molecule has 0 bridgehead atoms. The number of thiazole rings is 1. The van der Waals surface area contributed by atoms with Crippen LogP contribution in [0.5, 0.6) is 0 Å². The molecule has 0 spiro atoms. The molecule has 1 aromatic carbocycles. The average molecular weight is 296 g/mol. The normalized spacial score (nSPS) is 10.3. The number of aryl methyl sites for hydroxylation is 1. The van der Waals surface area contributed by atoms with Crippen molar-refractivity contribution in [3.63, 3.8) is 0 Å². The van der Waals surface area contributed by atoms with Crippen molar-refractivity contribution in [2.24, 2.45) is 0 Å². The van der Waals surface area contributed by atoms with Gasteiger partial charge in [0, 0.05) is 23.3 Å². The molecule has 104 valence electrons. The van der Waals surface area contributed by atoms with Gasteiger partial charge < -0.3 is 5.32 Å². The van der Waals surface area contributed by atoms with Crippen LogP contribution in [0.4, 0.5) is 5.69 Å². The molecule has 0 aliphatic rings. The number of nitrogens with one attached hydrogen (secondary N) is 1. The fraction of sp³-hybridized carbons (Fsp3) is 0.0667. The van der Waals surface area contributed by atoms with Gasteiger partial charge in [-0.15, -0.1) is 11.3 Å². The Labute approximate surface area is 125 Å². The molecule has 0 saturated heterocycles. The molecule has 0 unspecified atom stereocenters. The van der Waals surface area contributed by atoms with Crippen LogP contribution >= 0.6 is 11.3 Å². The minimum atomic E-state index is -0.289. The first-order valence-electron chi connectivity index (χ1n) is 6.33. The Morgan fingerprint density at radius 2 is 2.10 bits per heavy atom. The van der Waals surface area contributed by atoms with Gasteiger partial charge in [0.2, 0.25) is 0 Å². The first kappa shape index (κ1) is 13.4. The van der Waals surface area contributed by atoms with Crippen LogP contribution in [0.3, 0.4) is 0 Å². The van der Waals surface area contributed by atoms with Crippen molar-refractivity contribution in [1.29, 1.82) is 0 Å². The molecule has 0 atom stereocenters. The van der Waals surface area contributed by atoms with E-state index >= 15 is 0 Å². The van der Waals surface area contributed by atoms with E-state index in [-0.39, 0.29) is 11.6 Å². The number of hydrogen-bond acceptors (Lipinski definition) is 5. The Morgan fingerprint density at radius 1 is 1.24 bits per heavy atom. The van der Waals surface area contributed by atoms with Crippen molar-refractivity contribution in [3.8, 4) is 11.3 Å². The lowest BCUT2D eigenvalue weighted by atomic mass is 10.1. The molecule has 0 aliphatic carbocycles. The summed E-state index contributed by atoms with van der Waals surface area (Å²) in [5.74, 6) is -0.289. The molecule has 6 heteroatoms. The second kappa shape index (κ2) is 5.80. The van der Waals surface area contributed by atoms with E-state index in [1.165, 1.54) is 18.6 Å². The van der Waals surface area contributed by atoms with Crippen molar-refractivity contribution in [2.45, 2.75) is 6.92 Å². The van der Waals surface area contributed by atoms with E-state index in [0.29, 0.717) is 5.69 Å². The van der Waals surface area contributed by atoms with Gasteiger partial charge >= 0.3 is 0 Å². The van der Waals surface area contributed by atoms with Crippen LogP contribution in [0, 0.1) is 6.92 Å². The number of carbonyl (C=O) groups excluding carboxylic acids is 1. The molecular weight excluding hydrogens is 284 g/mol. The molecule has 2 heterocycles. The number of nitrogens with zero attached hydrogens (tertiary/aromatic N) is 3. The second-order valence-electron chi connectivity index (χ2n) is 4.34. The summed E-state index contributed by atoms with van der Waals surface area (Å²) in [5.41, 5.74) is 2.73. The lowest BCUT2D eigenvalue weighted by Gasteiger charge is -2.08. The molecule has 1 N–H and O–H groups in total. The van der Waals surface area contributed by atoms with Gasteiger partial charge in [0.15, 0.2) is 0 Å². The zero-order valence-electron chi connectivity index (χ0n) is 11.3. The Balaban J connectivity index is 1.91. The van der Waals surface area contributed by atoms with Gasteiger partial charge in [-0.3, -0.25) is 9.78 Å². The molecule has 0 radical (unpaired) electrons. The Hall–Kier alpha value is -2.60. The van der Waals surface area contributed by atoms with Crippen LogP contribution < -0.4 is 5.32 Å². The minimum Gasteiger partial charge on any atom is -0.320 e. The van der Waals surface area contributed by atoms with Gasteiger partial charge in [-0.2, -0.15) is 0 Å². The maximum absolute atomic E-state index is 12.2. The van der Waals surface area contributed by atoms with E-state index in [2.05, 4.69) is 20.3 Å². The summed E-state index contributed by atoms with van der Waals surface area (Å²) in [5, 5.41) is 5.82. The summed E-state index contributed by atoms with van der Waals surface area (Å²) in [6.07, 6.45) is 4.46. The van der Waals surface area contributed by atoms with Crippen LogP contribution in [0.15, 0.2) is 48.2 Å². The molecule has 3 rings (SSSR count). The molecule has 1 amide bonds. The molecule has 0 fully saturated rings. The Bertz CT molecular complexity index is 770. The average Bonchev–Trinajstić information content (AvgIpc) is 2.95. The molecule has 21 heavy (non-hydrogen) atoms. The van der Waals surface area contributed by atoms with Crippen molar-refractivity contribution < 1.29 is 4.79 Å². The predicted molar refractivity (Wildman–Crippen MR) is 82.3 cm³/mol. The first-order valence-corrected chi connectivity index (χ1v) is 7.21. The van der Waals surface area contributed by atoms with Crippen molar-refractivity contribution in [2.75, 3.05) is 5.32 Å². The van der Waals surface area contributed by atoms with Gasteiger partial charge in [0.1, 0.15) is 5.69 Å². The van der Waals surface area contributed by atoms with E-state index in [1.54, 1.807) is 11.3 Å². The molecule has 0 saturated carbocycles. The van der Waals surface area contributed by atoms with E-state index < -0.39 is 0 Å². The van der Waals surface area contributed by atoms with Gasteiger partial charge in [-0.05, 0) is 13.0 Å². The maximum Gasteiger partial charge on any atom is 0.275 e. The number of rotatable bonds is 3. The number of hydrogen-bond donors (Lipinski definition) is 1. The van der Waals surface area contributed by atoms with Crippen LogP contribution in [0.2, 0.25) is 0 Å². The fourth-order valence-corrected chi connectivity index (χ4v) is 2.52. The van der Waals surface area contributed by atoms with E-state index in [9.17, 15) is 4.79 Å². The third-order valence-corrected chi connectivity index (χ3v) is 3.64. The monoisotopic (exact) mass is 296 g/mol. The lowest BCUT2D eigenvalue weighted by molar-refractivity contribution is 0.102. The summed E-state index contributed by atoms with van der Waals surface area (Å²) in [6, 6.07) is 7.57. The Morgan fingerprint density at radius 3 is 2.81 bits per heavy atom. The third-order valence-electron chi connectivity index (χ3n) is 2.87. The van der Waals surface area contributed by atoms with Crippen molar-refractivity contribution in [3.05, 3.63) is 58.9 Å². The minimum absolute atomic E-state index is 0.279. The first-order chi connectivity index (χ1) is 10.2. The summed E-state index contributed by atoms with van der Waals surface area (Å²) < 4.78 is 0. The smallest absolute Gasteiger partial charge is 0.275 e. The highest BCUT2D eigenvalue weighted by molar-refractivity contribution is 7.09. The molecular formula is C15H12N4OS. The third kappa shape index (κ3) is 2.95. The molecule has 3 aromatic rings. The largest absolute Gasteiger partial charge is 0.320 e. The second-order valence-corrected chi connectivity index (χ2v) is 5.40. The number of carbonyl (C=O) groups is 1. The van der Waals surface area contributed by atoms with Gasteiger partial charge in [-0.25, -0.2) is 9.97 Å². The number of anilines is 1. The Kier molecular flexibility index (Phi) is 3.70. The van der Waals surface area contributed by atoms with Gasteiger partial charge in [-0.1, -0.05) is 18.2 Å². The summed E-state index contributed by atoms with van der Waals surface area (Å²) >= 11 is 1.58. The van der Waals surface area contributed by atoms with E-state index in [0.717, 1.165) is 16.3 Å². The SMILES string of the molecule is Cc1nc(-c2ccccc2NC(=O)c2cnccn2)cs1. The highest BCUT2D eigenvalue weighted by Gasteiger charge is 2.12. The lowest BCUT2D eigenvalue weighted by Crippen LogP contribution is -2.14. The van der Waals surface area contributed by atoms with E-state index in [1.807, 2.05) is 36.6 Å². The molecule has 5 nitrogen and oxygen atoms in total. The van der Waals surface area contributed by atoms with Crippen LogP contribution in [-0.2, 0) is 0 Å². The zero-order chi connectivity index (χ0) is 14.7. The summed E-state index contributed by atoms with van der Waals surface area (Å²) in [6.45, 7) is 1.95. The number of benzene rings is 1. The highest BCUT2D eigenvalue weighted by atomic mass is 32.1. The van der Waals surface area contributed by atoms with Crippen LogP contribution in [-0.4, -0.2) is 20.9 Å². The molecule has 0 aliphatic heterocycles. The standard InChI is InChI=1S/C15H12N4OS/c1-10-18-14(9-21-10)11-4-2-3-5-12(11)19-15(20)13-8-16-6-7-17-13/h2-9H,1H3,(H,19,20). The maximum atomic E-state index is 12.2. The summed E-state index contributed by atoms with van der Waals surface area (Å²) in [7, 11) is 0. The predicted octanol–water partition coefficient (Wildman–Crippen LogP) is 3.16. The van der Waals surface area contributed by atoms with Gasteiger partial charge in [0.25, 0.3) is 5.91 Å².